The second kappa shape index (κ2) is 5.24. The third-order valence-corrected chi connectivity index (χ3v) is 2.73. The van der Waals surface area contributed by atoms with Crippen LogP contribution >= 0.6 is 0 Å². The maximum absolute atomic E-state index is 13.7. The molecule has 0 heterocycles. The average Bonchev–Trinajstić information content (AvgIpc) is 2.39. The monoisotopic (exact) mass is 281 g/mol. The first-order valence-electron chi connectivity index (χ1n) is 5.64. The van der Waals surface area contributed by atoms with Crippen LogP contribution in [0.1, 0.15) is 15.9 Å². The third kappa shape index (κ3) is 2.59. The highest BCUT2D eigenvalue weighted by Crippen LogP contribution is 2.24. The van der Waals surface area contributed by atoms with E-state index in [0.717, 1.165) is 24.3 Å². The number of carbonyl (C=O) groups is 1. The lowest BCUT2D eigenvalue weighted by atomic mass is 10.1. The number of hydrogen-bond donors (Lipinski definition) is 2. The number of halogens is 3. The van der Waals surface area contributed by atoms with Gasteiger partial charge < -0.3 is 10.4 Å². The highest BCUT2D eigenvalue weighted by Gasteiger charge is 2.17. The van der Waals surface area contributed by atoms with Crippen molar-refractivity contribution in [2.45, 2.75) is 6.92 Å². The van der Waals surface area contributed by atoms with Gasteiger partial charge in [0.1, 0.15) is 23.1 Å². The zero-order chi connectivity index (χ0) is 14.9. The first-order chi connectivity index (χ1) is 9.40. The summed E-state index contributed by atoms with van der Waals surface area (Å²) in [5.41, 5.74) is -0.740. The van der Waals surface area contributed by atoms with E-state index in [9.17, 15) is 23.1 Å². The van der Waals surface area contributed by atoms with Gasteiger partial charge in [-0.15, -0.1) is 0 Å². The predicted molar refractivity (Wildman–Crippen MR) is 67.1 cm³/mol. The highest BCUT2D eigenvalue weighted by molar-refractivity contribution is 6.06. The molecular weight excluding hydrogens is 271 g/mol. The zero-order valence-electron chi connectivity index (χ0n) is 10.4. The van der Waals surface area contributed by atoms with Crippen LogP contribution in [0.3, 0.4) is 0 Å². The number of anilines is 1. The fraction of sp³-hybridized carbons (Fsp3) is 0.0714. The van der Waals surface area contributed by atoms with Crippen LogP contribution in [0.5, 0.6) is 5.75 Å². The average molecular weight is 281 g/mol. The van der Waals surface area contributed by atoms with Gasteiger partial charge in [-0.05, 0) is 30.7 Å². The van der Waals surface area contributed by atoms with Crippen molar-refractivity contribution < 1.29 is 23.1 Å². The Morgan fingerprint density at radius 3 is 2.50 bits per heavy atom. The number of benzene rings is 2. The van der Waals surface area contributed by atoms with E-state index < -0.39 is 34.8 Å². The minimum absolute atomic E-state index is 0.157. The van der Waals surface area contributed by atoms with Crippen LogP contribution in [-0.4, -0.2) is 11.0 Å². The summed E-state index contributed by atoms with van der Waals surface area (Å²) in [6.45, 7) is 1.42. The van der Waals surface area contributed by atoms with Gasteiger partial charge in [-0.1, -0.05) is 6.07 Å². The van der Waals surface area contributed by atoms with Crippen LogP contribution in [0, 0.1) is 24.4 Å². The topological polar surface area (TPSA) is 49.3 Å². The van der Waals surface area contributed by atoms with Gasteiger partial charge in [0.25, 0.3) is 5.91 Å². The molecule has 0 atom stereocenters. The van der Waals surface area contributed by atoms with Crippen LogP contribution in [0.15, 0.2) is 30.3 Å². The summed E-state index contributed by atoms with van der Waals surface area (Å²) in [5, 5.41) is 11.5. The maximum atomic E-state index is 13.7. The lowest BCUT2D eigenvalue weighted by Crippen LogP contribution is -2.15. The molecule has 3 nitrogen and oxygen atoms in total. The molecule has 0 aromatic heterocycles. The summed E-state index contributed by atoms with van der Waals surface area (Å²) in [4.78, 5) is 11.8. The second-order valence-electron chi connectivity index (χ2n) is 4.17. The Balaban J connectivity index is 2.35. The standard InChI is InChI=1S/C14H10F3NO2/c1-7-2-5-10(16)13(12(7)17)18-14(20)9-4-3-8(15)6-11(9)19/h2-6,19H,1H3,(H,18,20). The third-order valence-electron chi connectivity index (χ3n) is 2.73. The van der Waals surface area contributed by atoms with E-state index in [1.54, 1.807) is 0 Å². The molecular formula is C14H10F3NO2. The van der Waals surface area contributed by atoms with Gasteiger partial charge in [-0.2, -0.15) is 0 Å². The molecule has 1 amide bonds. The van der Waals surface area contributed by atoms with Crippen molar-refractivity contribution >= 4 is 11.6 Å². The predicted octanol–water partition coefficient (Wildman–Crippen LogP) is 3.37. The number of hydrogen-bond acceptors (Lipinski definition) is 2. The number of carbonyl (C=O) groups excluding carboxylic acids is 1. The number of aryl methyl sites for hydroxylation is 1. The summed E-state index contributed by atoms with van der Waals surface area (Å²) in [5.74, 6) is -4.13. The molecule has 6 heteroatoms. The van der Waals surface area contributed by atoms with Crippen molar-refractivity contribution in [3.63, 3.8) is 0 Å². The Hall–Kier alpha value is -2.50. The van der Waals surface area contributed by atoms with Crippen molar-refractivity contribution in [1.82, 2.24) is 0 Å². The van der Waals surface area contributed by atoms with Gasteiger partial charge in [-0.3, -0.25) is 4.79 Å². The molecule has 0 fully saturated rings. The van der Waals surface area contributed by atoms with Crippen LogP contribution in [0.2, 0.25) is 0 Å². The summed E-state index contributed by atoms with van der Waals surface area (Å²) in [6.07, 6.45) is 0. The van der Waals surface area contributed by atoms with Crippen LogP contribution in [-0.2, 0) is 0 Å². The van der Waals surface area contributed by atoms with Gasteiger partial charge in [0.05, 0.1) is 5.56 Å². The van der Waals surface area contributed by atoms with Crippen LogP contribution in [0.25, 0.3) is 0 Å². The van der Waals surface area contributed by atoms with E-state index in [1.165, 1.54) is 13.0 Å². The molecule has 0 saturated carbocycles. The number of nitrogens with one attached hydrogen (secondary N) is 1. The molecule has 0 aliphatic heterocycles. The molecule has 0 saturated heterocycles. The molecule has 0 bridgehead atoms. The molecule has 2 aromatic carbocycles. The molecule has 104 valence electrons. The Bertz CT molecular complexity index is 686. The number of amides is 1. The zero-order valence-corrected chi connectivity index (χ0v) is 10.4. The van der Waals surface area contributed by atoms with Crippen LogP contribution < -0.4 is 5.32 Å². The Morgan fingerprint density at radius 1 is 1.15 bits per heavy atom. The van der Waals surface area contributed by atoms with Crippen molar-refractivity contribution in [1.29, 1.82) is 0 Å². The first kappa shape index (κ1) is 13.9. The van der Waals surface area contributed by atoms with Gasteiger partial charge in [0.2, 0.25) is 0 Å². The molecule has 2 N–H and O–H groups in total. The Kier molecular flexibility index (Phi) is 3.65. The quantitative estimate of drug-likeness (QED) is 0.886. The largest absolute Gasteiger partial charge is 0.507 e. The summed E-state index contributed by atoms with van der Waals surface area (Å²) in [6, 6.07) is 4.95. The number of phenols is 1. The van der Waals surface area contributed by atoms with Crippen molar-refractivity contribution in [3.05, 3.63) is 58.9 Å². The molecule has 0 aliphatic carbocycles. The highest BCUT2D eigenvalue weighted by atomic mass is 19.1. The number of aromatic hydroxyl groups is 1. The van der Waals surface area contributed by atoms with Crippen molar-refractivity contribution in [2.75, 3.05) is 5.32 Å². The summed E-state index contributed by atoms with van der Waals surface area (Å²) >= 11 is 0. The van der Waals surface area contributed by atoms with E-state index in [0.29, 0.717) is 0 Å². The molecule has 0 radical (unpaired) electrons. The smallest absolute Gasteiger partial charge is 0.259 e. The normalized spacial score (nSPS) is 10.4. The summed E-state index contributed by atoms with van der Waals surface area (Å²) < 4.78 is 40.0. The Morgan fingerprint density at radius 2 is 1.85 bits per heavy atom. The molecule has 20 heavy (non-hydrogen) atoms. The minimum atomic E-state index is -0.942. The van der Waals surface area contributed by atoms with Gasteiger partial charge in [-0.25, -0.2) is 13.2 Å². The van der Waals surface area contributed by atoms with Gasteiger partial charge in [0.15, 0.2) is 5.82 Å². The Labute approximate surface area is 112 Å². The van der Waals surface area contributed by atoms with E-state index in [-0.39, 0.29) is 11.1 Å². The summed E-state index contributed by atoms with van der Waals surface area (Å²) in [7, 11) is 0. The van der Waals surface area contributed by atoms with Gasteiger partial charge >= 0.3 is 0 Å². The fourth-order valence-electron chi connectivity index (χ4n) is 1.65. The molecule has 0 unspecified atom stereocenters. The number of phenolic OH excluding ortho intramolecular Hbond substituents is 1. The molecule has 2 aromatic rings. The van der Waals surface area contributed by atoms with Crippen molar-refractivity contribution in [3.8, 4) is 5.75 Å². The molecule has 2 rings (SSSR count). The van der Waals surface area contributed by atoms with E-state index in [1.807, 2.05) is 5.32 Å². The van der Waals surface area contributed by atoms with E-state index >= 15 is 0 Å². The lowest BCUT2D eigenvalue weighted by molar-refractivity contribution is 0.102. The SMILES string of the molecule is Cc1ccc(F)c(NC(=O)c2ccc(F)cc2O)c1F. The fourth-order valence-corrected chi connectivity index (χ4v) is 1.65. The van der Waals surface area contributed by atoms with E-state index in [2.05, 4.69) is 0 Å². The maximum Gasteiger partial charge on any atom is 0.259 e. The lowest BCUT2D eigenvalue weighted by Gasteiger charge is -2.10. The van der Waals surface area contributed by atoms with Crippen LogP contribution in [0.4, 0.5) is 18.9 Å². The minimum Gasteiger partial charge on any atom is -0.507 e. The first-order valence-corrected chi connectivity index (χ1v) is 5.64. The second-order valence-corrected chi connectivity index (χ2v) is 4.17. The van der Waals surface area contributed by atoms with Gasteiger partial charge in [0, 0.05) is 6.07 Å². The molecule has 0 aliphatic rings. The number of rotatable bonds is 2. The van der Waals surface area contributed by atoms with Crippen molar-refractivity contribution in [2.24, 2.45) is 0 Å². The van der Waals surface area contributed by atoms with E-state index in [4.69, 9.17) is 0 Å². The molecule has 0 spiro atoms.